The van der Waals surface area contributed by atoms with Gasteiger partial charge in [0, 0.05) is 18.3 Å². The smallest absolute Gasteiger partial charge is 0.234 e. The number of hydrogen-bond acceptors (Lipinski definition) is 7. The van der Waals surface area contributed by atoms with Gasteiger partial charge in [-0.25, -0.2) is 0 Å². The first kappa shape index (κ1) is 22.5. The summed E-state index contributed by atoms with van der Waals surface area (Å²) in [6.07, 6.45) is -0.318. The molecule has 0 aliphatic heterocycles. The third-order valence-corrected chi connectivity index (χ3v) is 5.45. The van der Waals surface area contributed by atoms with E-state index in [1.807, 2.05) is 42.7 Å². The fourth-order valence-corrected chi connectivity index (χ4v) is 3.75. The quantitative estimate of drug-likeness (QED) is 0.471. The van der Waals surface area contributed by atoms with Crippen LogP contribution < -0.4 is 19.5 Å². The minimum Gasteiger partial charge on any atom is -0.497 e. The number of nitrogens with zero attached hydrogens (tertiary/aromatic N) is 3. The number of ether oxygens (including phenoxy) is 3. The maximum atomic E-state index is 12.3. The van der Waals surface area contributed by atoms with Crippen LogP contribution in [0.3, 0.4) is 0 Å². The Morgan fingerprint density at radius 3 is 2.45 bits per heavy atom. The second-order valence-corrected chi connectivity index (χ2v) is 7.53. The number of benzene rings is 2. The third-order valence-electron chi connectivity index (χ3n) is 4.49. The molecule has 0 radical (unpaired) electrons. The van der Waals surface area contributed by atoms with Crippen molar-refractivity contribution >= 4 is 23.4 Å². The van der Waals surface area contributed by atoms with Crippen molar-refractivity contribution in [2.24, 2.45) is 0 Å². The van der Waals surface area contributed by atoms with Crippen molar-refractivity contribution in [1.29, 1.82) is 0 Å². The van der Waals surface area contributed by atoms with Crippen LogP contribution in [0.1, 0.15) is 25.8 Å². The Morgan fingerprint density at radius 2 is 1.77 bits per heavy atom. The largest absolute Gasteiger partial charge is 0.497 e. The summed E-state index contributed by atoms with van der Waals surface area (Å²) in [6, 6.07) is 14.6. The number of methoxy groups -OCH3 is 2. The standard InChI is InChI=1S/C22H26N4O4S/c1-5-26-21(15(2)30-19-8-6-7-18(13-19)29-4)24-25-22(26)31-14-20(27)23-16-9-11-17(28-3)12-10-16/h6-13,15H,5,14H2,1-4H3,(H,23,27). The van der Waals surface area contributed by atoms with Crippen LogP contribution in [0.15, 0.2) is 53.7 Å². The number of carbonyl (C=O) groups is 1. The van der Waals surface area contributed by atoms with Gasteiger partial charge in [-0.2, -0.15) is 0 Å². The zero-order chi connectivity index (χ0) is 22.2. The Labute approximate surface area is 185 Å². The van der Waals surface area contributed by atoms with Gasteiger partial charge in [0.1, 0.15) is 17.2 Å². The van der Waals surface area contributed by atoms with E-state index in [1.165, 1.54) is 11.8 Å². The zero-order valence-corrected chi connectivity index (χ0v) is 18.8. The zero-order valence-electron chi connectivity index (χ0n) is 18.0. The molecular formula is C22H26N4O4S. The van der Waals surface area contributed by atoms with Crippen LogP contribution in [0.4, 0.5) is 5.69 Å². The van der Waals surface area contributed by atoms with E-state index in [9.17, 15) is 4.79 Å². The van der Waals surface area contributed by atoms with Crippen molar-refractivity contribution in [3.05, 3.63) is 54.4 Å². The van der Waals surface area contributed by atoms with Crippen molar-refractivity contribution in [3.63, 3.8) is 0 Å². The van der Waals surface area contributed by atoms with E-state index in [-0.39, 0.29) is 17.8 Å². The number of anilines is 1. The van der Waals surface area contributed by atoms with Crippen molar-refractivity contribution in [2.45, 2.75) is 31.7 Å². The monoisotopic (exact) mass is 442 g/mol. The predicted molar refractivity (Wildman–Crippen MR) is 120 cm³/mol. The van der Waals surface area contributed by atoms with E-state index in [0.717, 1.165) is 11.5 Å². The topological polar surface area (TPSA) is 87.5 Å². The van der Waals surface area contributed by atoms with Crippen LogP contribution in [0.25, 0.3) is 0 Å². The van der Waals surface area contributed by atoms with Crippen LogP contribution >= 0.6 is 11.8 Å². The van der Waals surface area contributed by atoms with Crippen LogP contribution in [-0.4, -0.2) is 40.6 Å². The third kappa shape index (κ3) is 5.91. The van der Waals surface area contributed by atoms with E-state index >= 15 is 0 Å². The van der Waals surface area contributed by atoms with Gasteiger partial charge in [-0.15, -0.1) is 10.2 Å². The summed E-state index contributed by atoms with van der Waals surface area (Å²) in [7, 11) is 3.22. The molecule has 1 aromatic heterocycles. The molecule has 0 fully saturated rings. The van der Waals surface area contributed by atoms with Gasteiger partial charge in [0.05, 0.1) is 20.0 Å². The van der Waals surface area contributed by atoms with E-state index in [1.54, 1.807) is 38.5 Å². The van der Waals surface area contributed by atoms with Crippen LogP contribution in [0.2, 0.25) is 0 Å². The average molecular weight is 443 g/mol. The Kier molecular flexibility index (Phi) is 7.77. The molecule has 31 heavy (non-hydrogen) atoms. The molecule has 0 saturated heterocycles. The lowest BCUT2D eigenvalue weighted by molar-refractivity contribution is -0.113. The van der Waals surface area contributed by atoms with Crippen LogP contribution in [-0.2, 0) is 11.3 Å². The number of rotatable bonds is 10. The number of hydrogen-bond donors (Lipinski definition) is 1. The van der Waals surface area contributed by atoms with Gasteiger partial charge >= 0.3 is 0 Å². The summed E-state index contributed by atoms with van der Waals surface area (Å²) in [6.45, 7) is 4.59. The molecule has 164 valence electrons. The summed E-state index contributed by atoms with van der Waals surface area (Å²) < 4.78 is 18.3. The Morgan fingerprint density at radius 1 is 1.06 bits per heavy atom. The fourth-order valence-electron chi connectivity index (χ4n) is 2.94. The van der Waals surface area contributed by atoms with Gasteiger partial charge in [0.25, 0.3) is 0 Å². The lowest BCUT2D eigenvalue weighted by Crippen LogP contribution is -2.15. The second-order valence-electron chi connectivity index (χ2n) is 6.59. The molecule has 3 aromatic rings. The van der Waals surface area contributed by atoms with Crippen LogP contribution in [0.5, 0.6) is 17.2 Å². The molecule has 1 unspecified atom stereocenters. The molecule has 2 aromatic carbocycles. The Hall–Kier alpha value is -3.20. The highest BCUT2D eigenvalue weighted by molar-refractivity contribution is 7.99. The lowest BCUT2D eigenvalue weighted by atomic mass is 10.3. The first-order valence-corrected chi connectivity index (χ1v) is 10.8. The predicted octanol–water partition coefficient (Wildman–Crippen LogP) is 4.19. The Bertz CT molecular complexity index is 1010. The highest BCUT2D eigenvalue weighted by Crippen LogP contribution is 2.27. The fraction of sp³-hybridized carbons (Fsp3) is 0.318. The van der Waals surface area contributed by atoms with Crippen molar-refractivity contribution in [1.82, 2.24) is 14.8 Å². The minimum absolute atomic E-state index is 0.122. The minimum atomic E-state index is -0.318. The van der Waals surface area contributed by atoms with Gasteiger partial charge in [-0.05, 0) is 50.2 Å². The molecule has 9 heteroatoms. The molecule has 0 spiro atoms. The van der Waals surface area contributed by atoms with Gasteiger partial charge in [0.2, 0.25) is 5.91 Å². The maximum absolute atomic E-state index is 12.3. The van der Waals surface area contributed by atoms with Gasteiger partial charge in [-0.1, -0.05) is 17.8 Å². The van der Waals surface area contributed by atoms with E-state index in [2.05, 4.69) is 15.5 Å². The van der Waals surface area contributed by atoms with Gasteiger partial charge in [-0.3, -0.25) is 4.79 Å². The SMILES string of the molecule is CCn1c(SCC(=O)Nc2ccc(OC)cc2)nnc1C(C)Oc1cccc(OC)c1. The molecule has 0 aliphatic rings. The summed E-state index contributed by atoms with van der Waals surface area (Å²) in [5, 5.41) is 12.1. The number of nitrogens with one attached hydrogen (secondary N) is 1. The summed E-state index contributed by atoms with van der Waals surface area (Å²) in [5.41, 5.74) is 0.712. The number of amides is 1. The molecule has 0 aliphatic carbocycles. The summed E-state index contributed by atoms with van der Waals surface area (Å²) in [4.78, 5) is 12.3. The van der Waals surface area contributed by atoms with Crippen LogP contribution in [0, 0.1) is 0 Å². The molecular weight excluding hydrogens is 416 g/mol. The van der Waals surface area contributed by atoms with Crippen molar-refractivity contribution < 1.29 is 19.0 Å². The second kappa shape index (κ2) is 10.7. The number of aromatic nitrogens is 3. The lowest BCUT2D eigenvalue weighted by Gasteiger charge is -2.16. The van der Waals surface area contributed by atoms with Crippen molar-refractivity contribution in [2.75, 3.05) is 25.3 Å². The van der Waals surface area contributed by atoms with E-state index < -0.39 is 0 Å². The first-order chi connectivity index (χ1) is 15.0. The summed E-state index contributed by atoms with van der Waals surface area (Å²) in [5.74, 6) is 2.94. The molecule has 8 nitrogen and oxygen atoms in total. The van der Waals surface area contributed by atoms with E-state index in [0.29, 0.717) is 29.0 Å². The molecule has 1 N–H and O–H groups in total. The maximum Gasteiger partial charge on any atom is 0.234 e. The average Bonchev–Trinajstić information content (AvgIpc) is 3.21. The highest BCUT2D eigenvalue weighted by Gasteiger charge is 2.19. The van der Waals surface area contributed by atoms with Gasteiger partial charge in [0.15, 0.2) is 17.1 Å². The molecule has 1 heterocycles. The highest BCUT2D eigenvalue weighted by atomic mass is 32.2. The Balaban J connectivity index is 1.61. The molecule has 1 atom stereocenters. The molecule has 0 saturated carbocycles. The summed E-state index contributed by atoms with van der Waals surface area (Å²) >= 11 is 1.33. The van der Waals surface area contributed by atoms with Gasteiger partial charge < -0.3 is 24.1 Å². The van der Waals surface area contributed by atoms with E-state index in [4.69, 9.17) is 14.2 Å². The molecule has 3 rings (SSSR count). The first-order valence-electron chi connectivity index (χ1n) is 9.84. The molecule has 0 bridgehead atoms. The normalized spacial score (nSPS) is 11.6. The number of carbonyl (C=O) groups excluding carboxylic acids is 1. The number of thioether (sulfide) groups is 1. The molecule has 1 amide bonds. The van der Waals surface area contributed by atoms with Crippen molar-refractivity contribution in [3.8, 4) is 17.2 Å².